The summed E-state index contributed by atoms with van der Waals surface area (Å²) in [5, 5.41) is 3.39. The highest BCUT2D eigenvalue weighted by Crippen LogP contribution is 2.48. The summed E-state index contributed by atoms with van der Waals surface area (Å²) in [4.78, 5) is 2.52. The van der Waals surface area contributed by atoms with Crippen LogP contribution >= 0.6 is 0 Å². The minimum Gasteiger partial charge on any atom is -0.448 e. The highest BCUT2D eigenvalue weighted by molar-refractivity contribution is 5.46. The van der Waals surface area contributed by atoms with E-state index in [2.05, 4.69) is 28.4 Å². The number of piperazine rings is 1. The van der Waals surface area contributed by atoms with Crippen LogP contribution in [0.1, 0.15) is 24.8 Å². The third-order valence-electron chi connectivity index (χ3n) is 4.64. The van der Waals surface area contributed by atoms with Gasteiger partial charge in [0.1, 0.15) is 0 Å². The first-order valence-electron chi connectivity index (χ1n) is 7.77. The van der Waals surface area contributed by atoms with Crippen LogP contribution in [0.4, 0.5) is 0 Å². The topological polar surface area (TPSA) is 33.7 Å². The van der Waals surface area contributed by atoms with E-state index in [1.54, 1.807) is 0 Å². The molecule has 108 valence electrons. The fraction of sp³-hybridized carbons (Fsp3) is 0.625. The molecule has 1 saturated heterocycles. The van der Waals surface area contributed by atoms with Crippen LogP contribution in [-0.4, -0.2) is 43.4 Å². The van der Waals surface area contributed by atoms with Gasteiger partial charge in [-0.15, -0.1) is 0 Å². The number of rotatable bonds is 3. The lowest BCUT2D eigenvalue weighted by Crippen LogP contribution is -2.45. The van der Waals surface area contributed by atoms with Gasteiger partial charge in [-0.2, -0.15) is 0 Å². The number of benzene rings is 1. The second-order valence-corrected chi connectivity index (χ2v) is 6.09. The molecule has 2 aliphatic heterocycles. The summed E-state index contributed by atoms with van der Waals surface area (Å²) in [6, 6.07) is 6.43. The number of hydrogen-bond donors (Lipinski definition) is 1. The molecule has 4 nitrogen and oxygen atoms in total. The highest BCUT2D eigenvalue weighted by atomic mass is 16.7. The van der Waals surface area contributed by atoms with Crippen LogP contribution in [0, 0.1) is 0 Å². The third-order valence-corrected chi connectivity index (χ3v) is 4.64. The molecule has 3 aliphatic rings. The normalized spacial score (nSPS) is 23.8. The maximum atomic E-state index is 6.02. The van der Waals surface area contributed by atoms with Gasteiger partial charge < -0.3 is 19.7 Å². The average Bonchev–Trinajstić information content (AvgIpc) is 2.85. The van der Waals surface area contributed by atoms with Crippen LogP contribution in [-0.2, 0) is 6.42 Å². The summed E-state index contributed by atoms with van der Waals surface area (Å²) in [6.07, 6.45) is 4.35. The first kappa shape index (κ1) is 12.5. The van der Waals surface area contributed by atoms with E-state index < -0.39 is 0 Å². The molecule has 0 radical (unpaired) electrons. The number of ether oxygens (including phenoxy) is 2. The van der Waals surface area contributed by atoms with E-state index in [0.29, 0.717) is 0 Å². The van der Waals surface area contributed by atoms with Crippen molar-refractivity contribution in [3.05, 3.63) is 23.8 Å². The molecule has 2 heterocycles. The van der Waals surface area contributed by atoms with Crippen molar-refractivity contribution in [3.8, 4) is 11.5 Å². The maximum Gasteiger partial charge on any atom is 0.251 e. The Hall–Kier alpha value is -1.26. The Bertz CT molecular complexity index is 493. The quantitative estimate of drug-likeness (QED) is 0.911. The van der Waals surface area contributed by atoms with Crippen molar-refractivity contribution < 1.29 is 9.47 Å². The van der Waals surface area contributed by atoms with E-state index >= 15 is 0 Å². The Morgan fingerprint density at radius 3 is 2.65 bits per heavy atom. The molecule has 0 bridgehead atoms. The predicted octanol–water partition coefficient (Wildman–Crippen LogP) is 1.79. The van der Waals surface area contributed by atoms with E-state index in [4.69, 9.17) is 9.47 Å². The average molecular weight is 274 g/mol. The molecule has 4 rings (SSSR count). The van der Waals surface area contributed by atoms with Crippen molar-refractivity contribution in [2.45, 2.75) is 31.5 Å². The van der Waals surface area contributed by atoms with Crippen LogP contribution in [0.2, 0.25) is 0 Å². The van der Waals surface area contributed by atoms with Crippen LogP contribution in [0.15, 0.2) is 18.2 Å². The molecule has 1 spiro atoms. The van der Waals surface area contributed by atoms with Gasteiger partial charge in [-0.1, -0.05) is 6.07 Å². The van der Waals surface area contributed by atoms with Crippen molar-refractivity contribution in [2.75, 3.05) is 32.7 Å². The first-order valence-corrected chi connectivity index (χ1v) is 7.77. The summed E-state index contributed by atoms with van der Waals surface area (Å²) in [5.41, 5.74) is 1.35. The summed E-state index contributed by atoms with van der Waals surface area (Å²) in [7, 11) is 0. The molecule has 20 heavy (non-hydrogen) atoms. The van der Waals surface area contributed by atoms with Crippen molar-refractivity contribution in [1.82, 2.24) is 10.2 Å². The SMILES string of the molecule is c1cc2c(cc1CCN1CCNCC1)OC1(CCC1)O2. The fourth-order valence-corrected chi connectivity index (χ4v) is 3.19. The zero-order valence-corrected chi connectivity index (χ0v) is 11.9. The van der Waals surface area contributed by atoms with E-state index in [1.165, 1.54) is 12.0 Å². The molecule has 0 aromatic heterocycles. The molecule has 1 aromatic rings. The lowest BCUT2D eigenvalue weighted by atomic mass is 9.91. The molecule has 4 heteroatoms. The molecule has 1 aromatic carbocycles. The zero-order chi connectivity index (χ0) is 13.4. The van der Waals surface area contributed by atoms with Gasteiger partial charge in [0.05, 0.1) is 0 Å². The largest absolute Gasteiger partial charge is 0.448 e. The number of nitrogens with zero attached hydrogens (tertiary/aromatic N) is 1. The van der Waals surface area contributed by atoms with Crippen molar-refractivity contribution in [2.24, 2.45) is 0 Å². The van der Waals surface area contributed by atoms with Crippen molar-refractivity contribution in [3.63, 3.8) is 0 Å². The van der Waals surface area contributed by atoms with E-state index in [0.717, 1.165) is 63.5 Å². The molecule has 1 saturated carbocycles. The van der Waals surface area contributed by atoms with Gasteiger partial charge >= 0.3 is 0 Å². The minimum absolute atomic E-state index is 0.306. The zero-order valence-electron chi connectivity index (χ0n) is 11.9. The van der Waals surface area contributed by atoms with E-state index in [9.17, 15) is 0 Å². The van der Waals surface area contributed by atoms with Gasteiger partial charge in [-0.05, 0) is 30.5 Å². The van der Waals surface area contributed by atoms with Crippen molar-refractivity contribution >= 4 is 0 Å². The Labute approximate surface area is 120 Å². The summed E-state index contributed by atoms with van der Waals surface area (Å²) >= 11 is 0. The molecular formula is C16H22N2O2. The Balaban J connectivity index is 1.39. The first-order chi connectivity index (χ1) is 9.83. The highest BCUT2D eigenvalue weighted by Gasteiger charge is 2.47. The van der Waals surface area contributed by atoms with Gasteiger partial charge in [0.25, 0.3) is 5.79 Å². The fourth-order valence-electron chi connectivity index (χ4n) is 3.19. The van der Waals surface area contributed by atoms with Gasteiger partial charge in [0, 0.05) is 45.6 Å². The van der Waals surface area contributed by atoms with Crippen LogP contribution < -0.4 is 14.8 Å². The van der Waals surface area contributed by atoms with Gasteiger partial charge in [0.15, 0.2) is 11.5 Å². The Morgan fingerprint density at radius 2 is 1.90 bits per heavy atom. The smallest absolute Gasteiger partial charge is 0.251 e. The molecule has 1 N–H and O–H groups in total. The summed E-state index contributed by atoms with van der Waals surface area (Å²) in [6.45, 7) is 5.68. The van der Waals surface area contributed by atoms with Crippen LogP contribution in [0.5, 0.6) is 11.5 Å². The van der Waals surface area contributed by atoms with Crippen molar-refractivity contribution in [1.29, 1.82) is 0 Å². The van der Waals surface area contributed by atoms with E-state index in [1.807, 2.05) is 0 Å². The van der Waals surface area contributed by atoms with Gasteiger partial charge in [0.2, 0.25) is 0 Å². The summed E-state index contributed by atoms with van der Waals surface area (Å²) in [5.74, 6) is 1.57. The lowest BCUT2D eigenvalue weighted by Gasteiger charge is -2.35. The molecular weight excluding hydrogens is 252 g/mol. The monoisotopic (exact) mass is 274 g/mol. The lowest BCUT2D eigenvalue weighted by molar-refractivity contribution is -0.138. The summed E-state index contributed by atoms with van der Waals surface area (Å²) < 4.78 is 12.0. The Kier molecular flexibility index (Phi) is 3.08. The molecule has 0 atom stereocenters. The molecule has 0 unspecified atom stereocenters. The van der Waals surface area contributed by atoms with Gasteiger partial charge in [-0.3, -0.25) is 0 Å². The second kappa shape index (κ2) is 4.93. The van der Waals surface area contributed by atoms with Gasteiger partial charge in [-0.25, -0.2) is 0 Å². The minimum atomic E-state index is -0.306. The van der Waals surface area contributed by atoms with E-state index in [-0.39, 0.29) is 5.79 Å². The molecule has 2 fully saturated rings. The van der Waals surface area contributed by atoms with Crippen LogP contribution in [0.3, 0.4) is 0 Å². The van der Waals surface area contributed by atoms with Crippen LogP contribution in [0.25, 0.3) is 0 Å². The standard InChI is InChI=1S/C16H22N2O2/c1-5-16(6-1)19-14-3-2-13(12-15(14)20-16)4-9-18-10-7-17-8-11-18/h2-3,12,17H,1,4-11H2. The maximum absolute atomic E-state index is 6.02. The predicted molar refractivity (Wildman–Crippen MR) is 77.3 cm³/mol. The Morgan fingerprint density at radius 1 is 1.10 bits per heavy atom. The third kappa shape index (κ3) is 2.27. The molecule has 1 aliphatic carbocycles. The number of hydrogen-bond acceptors (Lipinski definition) is 4. The number of nitrogens with one attached hydrogen (secondary N) is 1. The molecule has 0 amide bonds. The second-order valence-electron chi connectivity index (χ2n) is 6.09. The number of fused-ring (bicyclic) bond motifs is 1.